The van der Waals surface area contributed by atoms with Crippen LogP contribution in [0.3, 0.4) is 0 Å². The number of carbonyl (C=O) groups is 1. The van der Waals surface area contributed by atoms with Crippen molar-refractivity contribution in [3.63, 3.8) is 0 Å². The molecule has 38 heavy (non-hydrogen) atoms. The van der Waals surface area contributed by atoms with E-state index in [2.05, 4.69) is 17.6 Å². The first kappa shape index (κ1) is 25.6. The first-order valence-electron chi connectivity index (χ1n) is 12.7. The van der Waals surface area contributed by atoms with Crippen molar-refractivity contribution in [3.8, 4) is 5.75 Å². The Morgan fingerprint density at radius 2 is 1.84 bits per heavy atom. The Morgan fingerprint density at radius 3 is 2.63 bits per heavy atom. The molecule has 0 aliphatic carbocycles. The fourth-order valence-electron chi connectivity index (χ4n) is 4.41. The minimum absolute atomic E-state index is 0.186. The van der Waals surface area contributed by atoms with Crippen LogP contribution in [0.5, 0.6) is 5.75 Å². The maximum atomic E-state index is 13.8. The molecule has 1 atom stereocenters. The second-order valence-electron chi connectivity index (χ2n) is 9.19. The van der Waals surface area contributed by atoms with Crippen molar-refractivity contribution < 1.29 is 9.53 Å². The molecular weight excluding hydrogens is 494 g/mol. The van der Waals surface area contributed by atoms with Crippen LogP contribution in [0.4, 0.5) is 11.6 Å². The Kier molecular flexibility index (Phi) is 7.79. The quantitative estimate of drug-likeness (QED) is 0.240. The lowest BCUT2D eigenvalue weighted by atomic mass is 9.94. The molecule has 7 nitrogen and oxygen atoms in total. The van der Waals surface area contributed by atoms with E-state index in [-0.39, 0.29) is 5.91 Å². The summed E-state index contributed by atoms with van der Waals surface area (Å²) in [5.41, 5.74) is 5.08. The van der Waals surface area contributed by atoms with E-state index in [1.54, 1.807) is 11.8 Å². The standard InChI is InChI=1S/C30H31N5O2S/c1-4-17-38-30-33-29-31-21(3)26(28(36)32-25-16-9-8-11-20(25)2)27(35(29)34-30)23-14-10-15-24(18-23)37-19-22-12-6-5-7-13-22/h5-16,18,27H,4,17,19H2,1-3H3,(H,32,36)(H,31,33,34). The molecule has 1 unspecified atom stereocenters. The summed E-state index contributed by atoms with van der Waals surface area (Å²) in [6.45, 7) is 6.48. The van der Waals surface area contributed by atoms with Gasteiger partial charge in [-0.1, -0.05) is 79.3 Å². The van der Waals surface area contributed by atoms with E-state index in [0.717, 1.165) is 46.0 Å². The van der Waals surface area contributed by atoms with Gasteiger partial charge in [0.05, 0.1) is 5.57 Å². The van der Waals surface area contributed by atoms with Crippen molar-refractivity contribution in [3.05, 3.63) is 107 Å². The lowest BCUT2D eigenvalue weighted by Crippen LogP contribution is -2.31. The number of nitrogens with zero attached hydrogens (tertiary/aromatic N) is 3. The molecule has 3 aromatic carbocycles. The number of carbonyl (C=O) groups excluding carboxylic acids is 1. The summed E-state index contributed by atoms with van der Waals surface area (Å²) >= 11 is 1.61. The van der Waals surface area contributed by atoms with Gasteiger partial charge in [-0.25, -0.2) is 4.68 Å². The van der Waals surface area contributed by atoms with Crippen LogP contribution in [0.2, 0.25) is 0 Å². The SMILES string of the molecule is CCCSc1nc2n(n1)C(c1cccc(OCc3ccccc3)c1)C(C(=O)Nc1ccccc1C)=C(C)N2. The third-order valence-electron chi connectivity index (χ3n) is 6.33. The van der Waals surface area contributed by atoms with E-state index < -0.39 is 6.04 Å². The summed E-state index contributed by atoms with van der Waals surface area (Å²) in [4.78, 5) is 18.5. The van der Waals surface area contributed by atoms with Crippen LogP contribution in [-0.2, 0) is 11.4 Å². The first-order chi connectivity index (χ1) is 18.5. The molecule has 4 aromatic rings. The third kappa shape index (κ3) is 5.60. The zero-order chi connectivity index (χ0) is 26.5. The van der Waals surface area contributed by atoms with Crippen LogP contribution in [0.15, 0.2) is 95.3 Å². The van der Waals surface area contributed by atoms with E-state index in [4.69, 9.17) is 14.8 Å². The summed E-state index contributed by atoms with van der Waals surface area (Å²) in [6, 6.07) is 25.2. The average molecular weight is 526 g/mol. The molecule has 2 N–H and O–H groups in total. The molecule has 0 saturated carbocycles. The molecule has 5 rings (SSSR count). The molecular formula is C30H31N5O2S. The first-order valence-corrected chi connectivity index (χ1v) is 13.7. The summed E-state index contributed by atoms with van der Waals surface area (Å²) in [5.74, 6) is 2.08. The summed E-state index contributed by atoms with van der Waals surface area (Å²) in [7, 11) is 0. The van der Waals surface area contributed by atoms with Crippen LogP contribution < -0.4 is 15.4 Å². The zero-order valence-corrected chi connectivity index (χ0v) is 22.6. The number of allylic oxidation sites excluding steroid dienone is 1. The molecule has 0 spiro atoms. The maximum absolute atomic E-state index is 13.8. The number of fused-ring (bicyclic) bond motifs is 1. The monoisotopic (exact) mass is 525 g/mol. The second kappa shape index (κ2) is 11.6. The minimum atomic E-state index is -0.473. The maximum Gasteiger partial charge on any atom is 0.255 e. The molecule has 2 heterocycles. The van der Waals surface area contributed by atoms with Crippen molar-refractivity contribution in [2.24, 2.45) is 0 Å². The van der Waals surface area contributed by atoms with Crippen LogP contribution >= 0.6 is 11.8 Å². The van der Waals surface area contributed by atoms with Crippen molar-refractivity contribution in [2.75, 3.05) is 16.4 Å². The van der Waals surface area contributed by atoms with Gasteiger partial charge in [-0.2, -0.15) is 4.98 Å². The Bertz CT molecular complexity index is 1460. The number of aromatic nitrogens is 3. The Balaban J connectivity index is 1.51. The van der Waals surface area contributed by atoms with E-state index >= 15 is 0 Å². The van der Waals surface area contributed by atoms with Crippen LogP contribution in [0, 0.1) is 6.92 Å². The molecule has 0 radical (unpaired) electrons. The van der Waals surface area contributed by atoms with Gasteiger partial charge >= 0.3 is 0 Å². The van der Waals surface area contributed by atoms with Crippen LogP contribution in [0.1, 0.15) is 43.0 Å². The molecule has 0 saturated heterocycles. The number of hydrogen-bond acceptors (Lipinski definition) is 6. The van der Waals surface area contributed by atoms with Gasteiger partial charge in [-0.15, -0.1) is 5.10 Å². The number of rotatable bonds is 9. The molecule has 0 fully saturated rings. The van der Waals surface area contributed by atoms with Gasteiger partial charge in [0.15, 0.2) is 0 Å². The van der Waals surface area contributed by atoms with E-state index in [1.165, 1.54) is 0 Å². The molecule has 1 aliphatic heterocycles. The number of para-hydroxylation sites is 1. The van der Waals surface area contributed by atoms with Crippen LogP contribution in [-0.4, -0.2) is 26.4 Å². The fraction of sp³-hybridized carbons (Fsp3) is 0.233. The molecule has 1 amide bonds. The van der Waals surface area contributed by atoms with Gasteiger partial charge in [0, 0.05) is 17.1 Å². The summed E-state index contributed by atoms with van der Waals surface area (Å²) < 4.78 is 7.94. The molecule has 0 bridgehead atoms. The highest BCUT2D eigenvalue weighted by molar-refractivity contribution is 7.99. The van der Waals surface area contributed by atoms with E-state index in [9.17, 15) is 4.79 Å². The second-order valence-corrected chi connectivity index (χ2v) is 10.3. The highest BCUT2D eigenvalue weighted by Gasteiger charge is 2.34. The Labute approximate surface area is 227 Å². The third-order valence-corrected chi connectivity index (χ3v) is 7.37. The van der Waals surface area contributed by atoms with Crippen LogP contribution in [0.25, 0.3) is 0 Å². The lowest BCUT2D eigenvalue weighted by molar-refractivity contribution is -0.113. The number of aryl methyl sites for hydroxylation is 1. The number of benzene rings is 3. The van der Waals surface area contributed by atoms with E-state index in [1.807, 2.05) is 97.4 Å². The smallest absolute Gasteiger partial charge is 0.255 e. The highest BCUT2D eigenvalue weighted by Crippen LogP contribution is 2.38. The highest BCUT2D eigenvalue weighted by atomic mass is 32.2. The van der Waals surface area contributed by atoms with Gasteiger partial charge in [0.25, 0.3) is 5.91 Å². The van der Waals surface area contributed by atoms with E-state index in [0.29, 0.717) is 23.3 Å². The molecule has 1 aromatic heterocycles. The number of amides is 1. The van der Waals surface area contributed by atoms with Gasteiger partial charge < -0.3 is 15.4 Å². The minimum Gasteiger partial charge on any atom is -0.489 e. The summed E-state index contributed by atoms with van der Waals surface area (Å²) in [5, 5.41) is 11.9. The van der Waals surface area contributed by atoms with Gasteiger partial charge in [0.2, 0.25) is 11.1 Å². The Morgan fingerprint density at radius 1 is 1.05 bits per heavy atom. The fourth-order valence-corrected chi connectivity index (χ4v) is 5.09. The topological polar surface area (TPSA) is 81.1 Å². The predicted molar refractivity (Wildman–Crippen MR) is 153 cm³/mol. The van der Waals surface area contributed by atoms with Crippen molar-refractivity contribution in [1.29, 1.82) is 0 Å². The Hall–Kier alpha value is -4.04. The normalized spacial score (nSPS) is 14.6. The number of anilines is 2. The zero-order valence-electron chi connectivity index (χ0n) is 21.8. The van der Waals surface area contributed by atoms with Crippen molar-refractivity contribution >= 4 is 29.3 Å². The number of nitrogens with one attached hydrogen (secondary N) is 2. The van der Waals surface area contributed by atoms with Crippen molar-refractivity contribution in [2.45, 2.75) is 45.0 Å². The van der Waals surface area contributed by atoms with Crippen molar-refractivity contribution in [1.82, 2.24) is 14.8 Å². The predicted octanol–water partition coefficient (Wildman–Crippen LogP) is 6.60. The number of thioether (sulfide) groups is 1. The lowest BCUT2D eigenvalue weighted by Gasteiger charge is -2.29. The van der Waals surface area contributed by atoms with Gasteiger partial charge in [-0.3, -0.25) is 4.79 Å². The van der Waals surface area contributed by atoms with Gasteiger partial charge in [0.1, 0.15) is 18.4 Å². The average Bonchev–Trinajstić information content (AvgIpc) is 3.34. The number of hydrogen-bond donors (Lipinski definition) is 2. The number of ether oxygens (including phenoxy) is 1. The molecule has 194 valence electrons. The van der Waals surface area contributed by atoms with Gasteiger partial charge in [-0.05, 0) is 55.2 Å². The summed E-state index contributed by atoms with van der Waals surface area (Å²) in [6.07, 6.45) is 1.02. The molecule has 1 aliphatic rings. The largest absolute Gasteiger partial charge is 0.489 e. The molecule has 8 heteroatoms.